The average Bonchev–Trinajstić information content (AvgIpc) is 3.10. The molecular formula is C18H18BrN5O. The van der Waals surface area contributed by atoms with Gasteiger partial charge in [-0.3, -0.25) is 4.79 Å². The standard InChI is InChI=1S/C18H18BrN5O/c19-14-4-1-3-13(11-14)18(25)22-15-5-2-10-23(12-15)17-7-8-20-16-6-9-21-24(16)17/h1,3-4,6-9,11,15H,2,5,10,12H2,(H,22,25). The topological polar surface area (TPSA) is 62.5 Å². The number of anilines is 1. The normalized spacial score (nSPS) is 17.6. The first-order valence-corrected chi connectivity index (χ1v) is 9.10. The molecule has 7 heteroatoms. The summed E-state index contributed by atoms with van der Waals surface area (Å²) in [5, 5.41) is 7.51. The van der Waals surface area contributed by atoms with E-state index >= 15 is 0 Å². The van der Waals surface area contributed by atoms with E-state index in [-0.39, 0.29) is 11.9 Å². The molecule has 0 bridgehead atoms. The van der Waals surface area contributed by atoms with Crippen molar-refractivity contribution >= 4 is 33.3 Å². The van der Waals surface area contributed by atoms with Gasteiger partial charge >= 0.3 is 0 Å². The Kier molecular flexibility index (Phi) is 4.40. The molecule has 128 valence electrons. The number of piperidine rings is 1. The summed E-state index contributed by atoms with van der Waals surface area (Å²) in [6, 6.07) is 11.4. The van der Waals surface area contributed by atoms with E-state index in [9.17, 15) is 4.79 Å². The Bertz CT molecular complexity index is 909. The van der Waals surface area contributed by atoms with Crippen LogP contribution in [0.15, 0.2) is 53.3 Å². The summed E-state index contributed by atoms with van der Waals surface area (Å²) in [7, 11) is 0. The van der Waals surface area contributed by atoms with Gasteiger partial charge in [-0.1, -0.05) is 22.0 Å². The van der Waals surface area contributed by atoms with Crippen molar-refractivity contribution in [2.75, 3.05) is 18.0 Å². The fourth-order valence-electron chi connectivity index (χ4n) is 3.26. The number of nitrogens with one attached hydrogen (secondary N) is 1. The van der Waals surface area contributed by atoms with Gasteiger partial charge in [0.25, 0.3) is 5.91 Å². The molecule has 1 N–H and O–H groups in total. The van der Waals surface area contributed by atoms with Crippen LogP contribution < -0.4 is 10.2 Å². The molecule has 2 aromatic heterocycles. The van der Waals surface area contributed by atoms with Crippen LogP contribution in [-0.2, 0) is 0 Å². The molecule has 0 radical (unpaired) electrons. The second-order valence-corrected chi connectivity index (χ2v) is 7.09. The van der Waals surface area contributed by atoms with E-state index in [1.807, 2.05) is 40.9 Å². The van der Waals surface area contributed by atoms with Crippen LogP contribution in [0.1, 0.15) is 23.2 Å². The Balaban J connectivity index is 1.49. The largest absolute Gasteiger partial charge is 0.354 e. The fourth-order valence-corrected chi connectivity index (χ4v) is 3.66. The van der Waals surface area contributed by atoms with Crippen molar-refractivity contribution < 1.29 is 4.79 Å². The fraction of sp³-hybridized carbons (Fsp3) is 0.278. The highest BCUT2D eigenvalue weighted by molar-refractivity contribution is 9.10. The van der Waals surface area contributed by atoms with Gasteiger partial charge in [0.15, 0.2) is 5.65 Å². The number of amides is 1. The maximum absolute atomic E-state index is 12.5. The number of nitrogens with zero attached hydrogens (tertiary/aromatic N) is 4. The predicted molar refractivity (Wildman–Crippen MR) is 99.8 cm³/mol. The molecule has 0 saturated carbocycles. The molecule has 1 aromatic carbocycles. The summed E-state index contributed by atoms with van der Waals surface area (Å²) in [6.07, 6.45) is 5.55. The second kappa shape index (κ2) is 6.84. The smallest absolute Gasteiger partial charge is 0.251 e. The van der Waals surface area contributed by atoms with Gasteiger partial charge in [0.1, 0.15) is 5.82 Å². The molecule has 1 aliphatic heterocycles. The van der Waals surface area contributed by atoms with E-state index in [4.69, 9.17) is 0 Å². The SMILES string of the molecule is O=C(NC1CCCN(c2ccnc3ccnn23)C1)c1cccc(Br)c1. The molecule has 25 heavy (non-hydrogen) atoms. The number of halogens is 1. The molecule has 0 spiro atoms. The monoisotopic (exact) mass is 399 g/mol. The lowest BCUT2D eigenvalue weighted by Crippen LogP contribution is -2.48. The van der Waals surface area contributed by atoms with Crippen LogP contribution in [0.3, 0.4) is 0 Å². The number of carbonyl (C=O) groups is 1. The highest BCUT2D eigenvalue weighted by Crippen LogP contribution is 2.20. The van der Waals surface area contributed by atoms with Crippen LogP contribution in [0.25, 0.3) is 5.65 Å². The molecular weight excluding hydrogens is 382 g/mol. The van der Waals surface area contributed by atoms with Crippen molar-refractivity contribution in [3.63, 3.8) is 0 Å². The minimum absolute atomic E-state index is 0.0351. The van der Waals surface area contributed by atoms with E-state index in [0.29, 0.717) is 5.56 Å². The molecule has 0 aliphatic carbocycles. The van der Waals surface area contributed by atoms with Crippen LogP contribution in [-0.4, -0.2) is 39.6 Å². The van der Waals surface area contributed by atoms with Gasteiger partial charge in [-0.15, -0.1) is 0 Å². The molecule has 1 fully saturated rings. The number of hydrogen-bond acceptors (Lipinski definition) is 4. The molecule has 4 rings (SSSR count). The summed E-state index contributed by atoms with van der Waals surface area (Å²) in [4.78, 5) is 19.1. The van der Waals surface area contributed by atoms with Crippen LogP contribution in [0.2, 0.25) is 0 Å². The van der Waals surface area contributed by atoms with Gasteiger partial charge in [-0.25, -0.2) is 4.98 Å². The molecule has 1 unspecified atom stereocenters. The highest BCUT2D eigenvalue weighted by Gasteiger charge is 2.23. The van der Waals surface area contributed by atoms with Gasteiger partial charge < -0.3 is 10.2 Å². The molecule has 3 aromatic rings. The number of carbonyl (C=O) groups excluding carboxylic acids is 1. The summed E-state index contributed by atoms with van der Waals surface area (Å²) >= 11 is 3.41. The van der Waals surface area contributed by atoms with E-state index in [1.54, 1.807) is 12.4 Å². The molecule has 1 atom stereocenters. The van der Waals surface area contributed by atoms with Crippen LogP contribution in [0.4, 0.5) is 5.82 Å². The van der Waals surface area contributed by atoms with E-state index in [1.165, 1.54) is 0 Å². The van der Waals surface area contributed by atoms with E-state index in [0.717, 1.165) is 41.9 Å². The lowest BCUT2D eigenvalue weighted by atomic mass is 10.0. The quantitative estimate of drug-likeness (QED) is 0.735. The first-order valence-electron chi connectivity index (χ1n) is 8.31. The van der Waals surface area contributed by atoms with Crippen molar-refractivity contribution in [1.82, 2.24) is 19.9 Å². The lowest BCUT2D eigenvalue weighted by molar-refractivity contribution is 0.0933. The Morgan fingerprint density at radius 3 is 3.04 bits per heavy atom. The summed E-state index contributed by atoms with van der Waals surface area (Å²) in [6.45, 7) is 1.71. The number of hydrogen-bond donors (Lipinski definition) is 1. The molecule has 1 amide bonds. The number of benzene rings is 1. The third-order valence-corrected chi connectivity index (χ3v) is 4.93. The van der Waals surface area contributed by atoms with Gasteiger partial charge in [0.2, 0.25) is 0 Å². The van der Waals surface area contributed by atoms with Gasteiger partial charge in [-0.2, -0.15) is 9.61 Å². The summed E-state index contributed by atoms with van der Waals surface area (Å²) < 4.78 is 2.75. The summed E-state index contributed by atoms with van der Waals surface area (Å²) in [5.74, 6) is 0.975. The molecule has 6 nitrogen and oxygen atoms in total. The van der Waals surface area contributed by atoms with Crippen LogP contribution in [0, 0.1) is 0 Å². The minimum atomic E-state index is -0.0351. The number of aromatic nitrogens is 3. The third-order valence-electron chi connectivity index (χ3n) is 4.44. The first kappa shape index (κ1) is 16.1. The van der Waals surface area contributed by atoms with Crippen molar-refractivity contribution in [3.8, 4) is 0 Å². The highest BCUT2D eigenvalue weighted by atomic mass is 79.9. The van der Waals surface area contributed by atoms with Gasteiger partial charge in [-0.05, 0) is 37.1 Å². The van der Waals surface area contributed by atoms with Crippen LogP contribution >= 0.6 is 15.9 Å². The maximum Gasteiger partial charge on any atom is 0.251 e. The zero-order valence-electron chi connectivity index (χ0n) is 13.6. The van der Waals surface area contributed by atoms with Crippen molar-refractivity contribution in [2.24, 2.45) is 0 Å². The van der Waals surface area contributed by atoms with Gasteiger partial charge in [0, 0.05) is 41.4 Å². The molecule has 1 saturated heterocycles. The number of rotatable bonds is 3. The predicted octanol–water partition coefficient (Wildman–Crippen LogP) is 2.89. The zero-order valence-corrected chi connectivity index (χ0v) is 15.2. The van der Waals surface area contributed by atoms with Gasteiger partial charge in [0.05, 0.1) is 6.20 Å². The molecule has 3 heterocycles. The average molecular weight is 400 g/mol. The first-order chi connectivity index (χ1) is 12.2. The van der Waals surface area contributed by atoms with Crippen LogP contribution in [0.5, 0.6) is 0 Å². The van der Waals surface area contributed by atoms with Crippen molar-refractivity contribution in [1.29, 1.82) is 0 Å². The number of fused-ring (bicyclic) bond motifs is 1. The maximum atomic E-state index is 12.5. The van der Waals surface area contributed by atoms with E-state index < -0.39 is 0 Å². The Morgan fingerprint density at radius 1 is 1.24 bits per heavy atom. The Morgan fingerprint density at radius 2 is 2.16 bits per heavy atom. The Hall–Kier alpha value is -2.41. The second-order valence-electron chi connectivity index (χ2n) is 6.17. The minimum Gasteiger partial charge on any atom is -0.354 e. The molecule has 1 aliphatic rings. The van der Waals surface area contributed by atoms with Crippen molar-refractivity contribution in [3.05, 3.63) is 58.8 Å². The summed E-state index contributed by atoms with van der Waals surface area (Å²) in [5.41, 5.74) is 1.50. The zero-order chi connectivity index (χ0) is 17.2. The lowest BCUT2D eigenvalue weighted by Gasteiger charge is -2.34. The third kappa shape index (κ3) is 3.37. The Labute approximate surface area is 154 Å². The van der Waals surface area contributed by atoms with Crippen molar-refractivity contribution in [2.45, 2.75) is 18.9 Å². The van der Waals surface area contributed by atoms with E-state index in [2.05, 4.69) is 36.2 Å².